The van der Waals surface area contributed by atoms with Crippen molar-refractivity contribution < 1.29 is 13.2 Å². The average Bonchev–Trinajstić information content (AvgIpc) is 3.49. The number of nitrogens with zero attached hydrogens (tertiary/aromatic N) is 4. The number of pyridine rings is 1. The molecule has 4 aromatic rings. The maximum atomic E-state index is 14.2. The third-order valence-corrected chi connectivity index (χ3v) is 8.98. The molecule has 6 rings (SSSR count). The first kappa shape index (κ1) is 25.4. The summed E-state index contributed by atoms with van der Waals surface area (Å²) in [6.45, 7) is 4.27. The Balaban J connectivity index is 1.42. The highest BCUT2D eigenvalue weighted by atomic mass is 32.1. The van der Waals surface area contributed by atoms with Gasteiger partial charge in [0.15, 0.2) is 0 Å². The Bertz CT molecular complexity index is 1490. The molecule has 5 nitrogen and oxygen atoms in total. The topological polar surface area (TPSA) is 42.5 Å². The van der Waals surface area contributed by atoms with Gasteiger partial charge in [0.25, 0.3) is 0 Å². The Morgan fingerprint density at radius 1 is 1.13 bits per heavy atom. The number of fused-ring (bicyclic) bond motifs is 1. The van der Waals surface area contributed by atoms with E-state index in [1.807, 2.05) is 23.6 Å². The van der Waals surface area contributed by atoms with Crippen LogP contribution in [0.2, 0.25) is 0 Å². The molecule has 0 spiro atoms. The molecule has 2 aliphatic rings. The predicted molar refractivity (Wildman–Crippen MR) is 143 cm³/mol. The normalized spacial score (nSPS) is 20.1. The maximum absolute atomic E-state index is 14.2. The molecule has 1 aliphatic heterocycles. The van der Waals surface area contributed by atoms with Crippen LogP contribution in [-0.2, 0) is 12.7 Å². The van der Waals surface area contributed by atoms with Gasteiger partial charge in [-0.3, -0.25) is 13.9 Å². The molecule has 1 unspecified atom stereocenters. The number of thiazole rings is 1. The Hall–Kier alpha value is -2.91. The van der Waals surface area contributed by atoms with Gasteiger partial charge in [0, 0.05) is 43.0 Å². The van der Waals surface area contributed by atoms with Crippen molar-refractivity contribution in [1.82, 2.24) is 18.9 Å². The highest BCUT2D eigenvalue weighted by molar-refractivity contribution is 7.09. The number of benzene rings is 1. The van der Waals surface area contributed by atoms with Gasteiger partial charge >= 0.3 is 11.9 Å². The van der Waals surface area contributed by atoms with Gasteiger partial charge in [0.2, 0.25) is 0 Å². The number of aromatic nitrogens is 3. The van der Waals surface area contributed by atoms with Gasteiger partial charge in [-0.1, -0.05) is 25.5 Å². The molecule has 2 atom stereocenters. The third-order valence-electron chi connectivity index (χ3n) is 8.12. The molecule has 1 saturated heterocycles. The average molecular weight is 541 g/mol. The SMILES string of the molecule is C[C@H]1CCCN(Cc2cc(C(F)(F)F)c3cn(-c4cccc(C(c5nccs5)C5CCC5)c4)c(=O)n3c2)C1. The van der Waals surface area contributed by atoms with Gasteiger partial charge < -0.3 is 0 Å². The summed E-state index contributed by atoms with van der Waals surface area (Å²) in [4.78, 5) is 20.3. The predicted octanol–water partition coefficient (Wildman–Crippen LogP) is 6.73. The monoisotopic (exact) mass is 540 g/mol. The highest BCUT2D eigenvalue weighted by Crippen LogP contribution is 2.44. The summed E-state index contributed by atoms with van der Waals surface area (Å²) in [7, 11) is 0. The van der Waals surface area contributed by atoms with Crippen LogP contribution in [0, 0.1) is 11.8 Å². The van der Waals surface area contributed by atoms with Gasteiger partial charge in [-0.25, -0.2) is 9.78 Å². The van der Waals surface area contributed by atoms with Crippen LogP contribution in [0.3, 0.4) is 0 Å². The standard InChI is InChI=1S/C29H31F3N4OS/c1-19-5-4-11-34(15-19)16-20-13-24(29(30,31)32)25-18-35(28(37)36(25)17-20)23-9-3-8-22(14-23)26(21-6-2-7-21)27-33-10-12-38-27/h3,8-10,12-14,17-19,21,26H,2,4-7,11,15-16H2,1H3/t19-,26?/m0/s1. The van der Waals surface area contributed by atoms with Crippen LogP contribution in [0.1, 0.15) is 66.6 Å². The summed E-state index contributed by atoms with van der Waals surface area (Å²) in [6, 6.07) is 8.85. The fourth-order valence-corrected chi connectivity index (χ4v) is 6.94. The van der Waals surface area contributed by atoms with Crippen molar-refractivity contribution in [2.75, 3.05) is 13.1 Å². The molecule has 3 aromatic heterocycles. The van der Waals surface area contributed by atoms with Crippen LogP contribution in [-0.4, -0.2) is 31.9 Å². The lowest BCUT2D eigenvalue weighted by atomic mass is 9.73. The van der Waals surface area contributed by atoms with Crippen molar-refractivity contribution in [2.45, 2.75) is 57.7 Å². The first-order valence-electron chi connectivity index (χ1n) is 13.3. The molecule has 0 radical (unpaired) electrons. The molecule has 1 aromatic carbocycles. The zero-order valence-electron chi connectivity index (χ0n) is 21.3. The molecule has 9 heteroatoms. The second-order valence-electron chi connectivity index (χ2n) is 10.9. The van der Waals surface area contributed by atoms with E-state index in [4.69, 9.17) is 0 Å². The van der Waals surface area contributed by atoms with Crippen LogP contribution >= 0.6 is 11.3 Å². The van der Waals surface area contributed by atoms with Gasteiger partial charge in [-0.2, -0.15) is 13.2 Å². The molecular formula is C29H31F3N4OS. The number of likely N-dealkylation sites (tertiary alicyclic amines) is 1. The summed E-state index contributed by atoms with van der Waals surface area (Å²) in [5.74, 6) is 1.12. The number of rotatable bonds is 6. The van der Waals surface area contributed by atoms with Crippen LogP contribution in [0.5, 0.6) is 0 Å². The number of piperidine rings is 1. The minimum atomic E-state index is -4.57. The molecule has 200 valence electrons. The van der Waals surface area contributed by atoms with E-state index in [0.717, 1.165) is 49.3 Å². The van der Waals surface area contributed by atoms with Crippen molar-refractivity contribution in [3.63, 3.8) is 0 Å². The summed E-state index contributed by atoms with van der Waals surface area (Å²) >= 11 is 1.62. The van der Waals surface area contributed by atoms with Gasteiger partial charge in [-0.05, 0) is 73.4 Å². The van der Waals surface area contributed by atoms with Crippen LogP contribution in [0.4, 0.5) is 13.2 Å². The second-order valence-corrected chi connectivity index (χ2v) is 11.8. The Labute approximate surface area is 223 Å². The third kappa shape index (κ3) is 4.82. The van der Waals surface area contributed by atoms with Crippen molar-refractivity contribution in [3.8, 4) is 5.69 Å². The van der Waals surface area contributed by atoms with Crippen LogP contribution < -0.4 is 5.69 Å². The first-order valence-corrected chi connectivity index (χ1v) is 14.2. The molecule has 2 fully saturated rings. The first-order chi connectivity index (χ1) is 18.3. The molecule has 1 aliphatic carbocycles. The van der Waals surface area contributed by atoms with Gasteiger partial charge in [-0.15, -0.1) is 11.3 Å². The molecular weight excluding hydrogens is 509 g/mol. The molecule has 38 heavy (non-hydrogen) atoms. The van der Waals surface area contributed by atoms with Gasteiger partial charge in [0.05, 0.1) is 16.8 Å². The van der Waals surface area contributed by atoms with E-state index >= 15 is 0 Å². The zero-order valence-corrected chi connectivity index (χ0v) is 22.1. The number of hydrogen-bond donors (Lipinski definition) is 0. The molecule has 0 N–H and O–H groups in total. The van der Waals surface area contributed by atoms with E-state index in [1.54, 1.807) is 29.8 Å². The van der Waals surface area contributed by atoms with E-state index < -0.39 is 17.4 Å². The minimum Gasteiger partial charge on any atom is -0.299 e. The van der Waals surface area contributed by atoms with E-state index in [2.05, 4.69) is 16.8 Å². The molecule has 4 heterocycles. The summed E-state index contributed by atoms with van der Waals surface area (Å²) in [6.07, 6.45) is 5.75. The lowest BCUT2D eigenvalue weighted by Gasteiger charge is -2.33. The Kier molecular flexibility index (Phi) is 6.68. The van der Waals surface area contributed by atoms with Crippen molar-refractivity contribution in [2.24, 2.45) is 11.8 Å². The Morgan fingerprint density at radius 3 is 2.66 bits per heavy atom. The number of halogens is 3. The van der Waals surface area contributed by atoms with E-state index in [9.17, 15) is 18.0 Å². The molecule has 0 bridgehead atoms. The lowest BCUT2D eigenvalue weighted by Crippen LogP contribution is -2.34. The van der Waals surface area contributed by atoms with Crippen LogP contribution in [0.25, 0.3) is 11.2 Å². The molecule has 0 amide bonds. The smallest absolute Gasteiger partial charge is 0.299 e. The highest BCUT2D eigenvalue weighted by Gasteiger charge is 2.35. The fraction of sp³-hybridized carbons (Fsp3) is 0.448. The Morgan fingerprint density at radius 2 is 1.97 bits per heavy atom. The number of hydrogen-bond acceptors (Lipinski definition) is 4. The summed E-state index contributed by atoms with van der Waals surface area (Å²) in [5.41, 5.74) is 0.713. The maximum Gasteiger partial charge on any atom is 0.418 e. The molecule has 1 saturated carbocycles. The number of imidazole rings is 1. The van der Waals surface area contributed by atoms with Crippen molar-refractivity contribution in [3.05, 3.63) is 86.5 Å². The van der Waals surface area contributed by atoms with E-state index in [-0.39, 0.29) is 11.4 Å². The zero-order chi connectivity index (χ0) is 26.4. The van der Waals surface area contributed by atoms with Crippen molar-refractivity contribution >= 4 is 16.9 Å². The van der Waals surface area contributed by atoms with Crippen LogP contribution in [0.15, 0.2) is 59.1 Å². The summed E-state index contributed by atoms with van der Waals surface area (Å²) < 4.78 is 45.1. The van der Waals surface area contributed by atoms with Gasteiger partial charge in [0.1, 0.15) is 5.01 Å². The fourth-order valence-electron chi connectivity index (χ4n) is 6.08. The number of alkyl halides is 3. The second kappa shape index (κ2) is 10.0. The minimum absolute atomic E-state index is 0.126. The summed E-state index contributed by atoms with van der Waals surface area (Å²) in [5, 5.41) is 3.01. The quantitative estimate of drug-likeness (QED) is 0.272. The van der Waals surface area contributed by atoms with E-state index in [1.165, 1.54) is 27.7 Å². The van der Waals surface area contributed by atoms with Crippen molar-refractivity contribution in [1.29, 1.82) is 0 Å². The van der Waals surface area contributed by atoms with E-state index in [0.29, 0.717) is 29.6 Å². The lowest BCUT2D eigenvalue weighted by molar-refractivity contribution is -0.136. The largest absolute Gasteiger partial charge is 0.418 e.